The minimum Gasteiger partial charge on any atom is -0.351 e. The van der Waals surface area contributed by atoms with Crippen LogP contribution in [0.1, 0.15) is 11.3 Å². The summed E-state index contributed by atoms with van der Waals surface area (Å²) in [6, 6.07) is 19.3. The monoisotopic (exact) mass is 323 g/mol. The van der Waals surface area contributed by atoms with Crippen molar-refractivity contribution >= 4 is 17.4 Å². The Bertz CT molecular complexity index is 851. The molecular formula is C17H14ClN5. The Kier molecular flexibility index (Phi) is 4.26. The van der Waals surface area contributed by atoms with Gasteiger partial charge in [0, 0.05) is 18.6 Å². The van der Waals surface area contributed by atoms with Gasteiger partial charge in [0.05, 0.1) is 5.69 Å². The maximum atomic E-state index is 9.33. The number of benzene rings is 2. The molecule has 0 bridgehead atoms. The number of nitriles is 1. The highest BCUT2D eigenvalue weighted by molar-refractivity contribution is 6.30. The first-order valence-electron chi connectivity index (χ1n) is 7.06. The number of halogens is 1. The highest BCUT2D eigenvalue weighted by Gasteiger charge is 2.16. The van der Waals surface area contributed by atoms with Gasteiger partial charge < -0.3 is 4.90 Å². The molecule has 5 nitrogen and oxygen atoms in total. The number of rotatable bonds is 4. The van der Waals surface area contributed by atoms with Crippen LogP contribution in [0.3, 0.4) is 0 Å². The second-order valence-electron chi connectivity index (χ2n) is 5.09. The average Bonchev–Trinajstić information content (AvgIpc) is 3.00. The lowest BCUT2D eigenvalue weighted by Gasteiger charge is -2.15. The van der Waals surface area contributed by atoms with Gasteiger partial charge in [-0.15, -0.1) is 15.0 Å². The van der Waals surface area contributed by atoms with Crippen molar-refractivity contribution in [2.75, 3.05) is 11.9 Å². The molecule has 114 valence electrons. The van der Waals surface area contributed by atoms with Gasteiger partial charge in [0.2, 0.25) is 5.69 Å². The van der Waals surface area contributed by atoms with E-state index in [-0.39, 0.29) is 5.69 Å². The van der Waals surface area contributed by atoms with E-state index >= 15 is 0 Å². The molecule has 0 spiro atoms. The fourth-order valence-corrected chi connectivity index (χ4v) is 2.46. The van der Waals surface area contributed by atoms with Crippen molar-refractivity contribution in [1.29, 1.82) is 5.26 Å². The molecule has 0 N–H and O–H groups in total. The van der Waals surface area contributed by atoms with Gasteiger partial charge in [-0.3, -0.25) is 0 Å². The van der Waals surface area contributed by atoms with Crippen LogP contribution in [0.4, 0.5) is 5.82 Å². The zero-order valence-electron chi connectivity index (χ0n) is 12.5. The Morgan fingerprint density at radius 2 is 1.91 bits per heavy atom. The van der Waals surface area contributed by atoms with Gasteiger partial charge in [0.25, 0.3) is 0 Å². The third-order valence-corrected chi connectivity index (χ3v) is 3.60. The lowest BCUT2D eigenvalue weighted by molar-refractivity contribution is 0.742. The third-order valence-electron chi connectivity index (χ3n) is 3.37. The minimum atomic E-state index is 0.281. The summed E-state index contributed by atoms with van der Waals surface area (Å²) in [4.78, 5) is 3.34. The zero-order valence-corrected chi connectivity index (χ0v) is 13.3. The Labute approximate surface area is 139 Å². The molecule has 0 amide bonds. The van der Waals surface area contributed by atoms with E-state index in [1.54, 1.807) is 12.1 Å². The lowest BCUT2D eigenvalue weighted by atomic mass is 10.2. The number of hydrogen-bond acceptors (Lipinski definition) is 4. The smallest absolute Gasteiger partial charge is 0.207 e. The SMILES string of the molecule is CN(Cc1ccccc1)c1nn(-c2cccc(Cl)c2)nc1C#N. The van der Waals surface area contributed by atoms with E-state index in [0.717, 1.165) is 5.56 Å². The van der Waals surface area contributed by atoms with Gasteiger partial charge in [-0.2, -0.15) is 5.26 Å². The highest BCUT2D eigenvalue weighted by atomic mass is 35.5. The molecule has 6 heteroatoms. The molecule has 23 heavy (non-hydrogen) atoms. The molecule has 0 aliphatic rings. The van der Waals surface area contributed by atoms with Crippen LogP contribution in [0.25, 0.3) is 5.69 Å². The Hall–Kier alpha value is -2.84. The fraction of sp³-hybridized carbons (Fsp3) is 0.118. The first-order valence-corrected chi connectivity index (χ1v) is 7.43. The van der Waals surface area contributed by atoms with Crippen molar-refractivity contribution in [1.82, 2.24) is 15.0 Å². The molecule has 0 atom stereocenters. The van der Waals surface area contributed by atoms with Crippen LogP contribution < -0.4 is 4.90 Å². The van der Waals surface area contributed by atoms with E-state index in [2.05, 4.69) is 16.3 Å². The van der Waals surface area contributed by atoms with Crippen molar-refractivity contribution in [3.05, 3.63) is 70.9 Å². The highest BCUT2D eigenvalue weighted by Crippen LogP contribution is 2.19. The Morgan fingerprint density at radius 3 is 2.61 bits per heavy atom. The van der Waals surface area contributed by atoms with Crippen LogP contribution in [-0.2, 0) is 6.54 Å². The number of hydrogen-bond donors (Lipinski definition) is 0. The van der Waals surface area contributed by atoms with Crippen LogP contribution in [0.2, 0.25) is 5.02 Å². The number of aromatic nitrogens is 3. The van der Waals surface area contributed by atoms with Gasteiger partial charge >= 0.3 is 0 Å². The largest absolute Gasteiger partial charge is 0.351 e. The molecule has 3 aromatic rings. The van der Waals surface area contributed by atoms with Crippen LogP contribution >= 0.6 is 11.6 Å². The van der Waals surface area contributed by atoms with Crippen LogP contribution in [0, 0.1) is 11.3 Å². The van der Waals surface area contributed by atoms with Gasteiger partial charge in [-0.25, -0.2) is 0 Å². The molecular weight excluding hydrogens is 310 g/mol. The molecule has 1 aromatic heterocycles. The van der Waals surface area contributed by atoms with Crippen LogP contribution in [0.5, 0.6) is 0 Å². The van der Waals surface area contributed by atoms with Crippen molar-refractivity contribution in [2.24, 2.45) is 0 Å². The predicted molar refractivity (Wildman–Crippen MR) is 89.6 cm³/mol. The topological polar surface area (TPSA) is 57.7 Å². The third kappa shape index (κ3) is 3.33. The molecule has 3 rings (SSSR count). The Balaban J connectivity index is 1.92. The second-order valence-corrected chi connectivity index (χ2v) is 5.53. The van der Waals surface area contributed by atoms with E-state index in [9.17, 15) is 5.26 Å². The molecule has 2 aromatic carbocycles. The molecule has 0 saturated heterocycles. The minimum absolute atomic E-state index is 0.281. The zero-order chi connectivity index (χ0) is 16.2. The Morgan fingerprint density at radius 1 is 1.13 bits per heavy atom. The van der Waals surface area contributed by atoms with Crippen molar-refractivity contribution in [3.8, 4) is 11.8 Å². The van der Waals surface area contributed by atoms with E-state index in [0.29, 0.717) is 23.1 Å². The van der Waals surface area contributed by atoms with E-state index in [4.69, 9.17) is 11.6 Å². The van der Waals surface area contributed by atoms with Crippen molar-refractivity contribution in [3.63, 3.8) is 0 Å². The molecule has 1 heterocycles. The molecule has 0 aliphatic heterocycles. The summed E-state index contributed by atoms with van der Waals surface area (Å²) in [5, 5.41) is 18.6. The summed E-state index contributed by atoms with van der Waals surface area (Å²) in [5.74, 6) is 0.538. The summed E-state index contributed by atoms with van der Waals surface area (Å²) < 4.78 is 0. The standard InChI is InChI=1S/C17H14ClN5/c1-22(12-13-6-3-2-4-7-13)17-16(11-19)20-23(21-17)15-9-5-8-14(18)10-15/h2-10H,12H2,1H3. The number of anilines is 1. The average molecular weight is 324 g/mol. The van der Waals surface area contributed by atoms with E-state index in [1.807, 2.05) is 54.4 Å². The second kappa shape index (κ2) is 6.51. The summed E-state index contributed by atoms with van der Waals surface area (Å²) in [6.07, 6.45) is 0. The maximum Gasteiger partial charge on any atom is 0.207 e. The van der Waals surface area contributed by atoms with Gasteiger partial charge in [-0.1, -0.05) is 48.0 Å². The first-order chi connectivity index (χ1) is 11.2. The number of nitrogens with zero attached hydrogens (tertiary/aromatic N) is 5. The van der Waals surface area contributed by atoms with Gasteiger partial charge in [0.15, 0.2) is 5.82 Å². The van der Waals surface area contributed by atoms with Gasteiger partial charge in [0.1, 0.15) is 6.07 Å². The quantitative estimate of drug-likeness (QED) is 0.738. The van der Waals surface area contributed by atoms with Crippen molar-refractivity contribution in [2.45, 2.75) is 6.54 Å². The first kappa shape index (κ1) is 15.1. The fourth-order valence-electron chi connectivity index (χ4n) is 2.28. The summed E-state index contributed by atoms with van der Waals surface area (Å²) in [5.41, 5.74) is 2.13. The van der Waals surface area contributed by atoms with Crippen LogP contribution in [-0.4, -0.2) is 22.0 Å². The summed E-state index contributed by atoms with van der Waals surface area (Å²) in [6.45, 7) is 0.643. The summed E-state index contributed by atoms with van der Waals surface area (Å²) in [7, 11) is 1.89. The molecule has 0 radical (unpaired) electrons. The normalized spacial score (nSPS) is 10.3. The lowest BCUT2D eigenvalue weighted by Crippen LogP contribution is -2.18. The summed E-state index contributed by atoms with van der Waals surface area (Å²) >= 11 is 6.00. The van der Waals surface area contributed by atoms with Crippen molar-refractivity contribution < 1.29 is 0 Å². The van der Waals surface area contributed by atoms with E-state index < -0.39 is 0 Å². The molecule has 0 fully saturated rings. The molecule has 0 aliphatic carbocycles. The molecule has 0 saturated carbocycles. The van der Waals surface area contributed by atoms with E-state index in [1.165, 1.54) is 4.80 Å². The van der Waals surface area contributed by atoms with Crippen LogP contribution in [0.15, 0.2) is 54.6 Å². The molecule has 0 unspecified atom stereocenters. The maximum absolute atomic E-state index is 9.33. The predicted octanol–water partition coefficient (Wildman–Crippen LogP) is 3.43. The van der Waals surface area contributed by atoms with Gasteiger partial charge in [-0.05, 0) is 23.8 Å².